The molecule has 0 amide bonds. The third-order valence-corrected chi connectivity index (χ3v) is 1.66. The largest absolute Gasteiger partial charge is 0.197 e. The fourth-order valence-corrected chi connectivity index (χ4v) is 1.13. The molecule has 0 saturated carbocycles. The highest BCUT2D eigenvalue weighted by Crippen LogP contribution is 2.11. The number of halogens is 1. The van der Waals surface area contributed by atoms with Gasteiger partial charge in [-0.2, -0.15) is 13.5 Å². The van der Waals surface area contributed by atoms with E-state index in [9.17, 15) is 0 Å². The van der Waals surface area contributed by atoms with Crippen LogP contribution in [0.3, 0.4) is 0 Å². The van der Waals surface area contributed by atoms with Crippen molar-refractivity contribution in [2.75, 3.05) is 0 Å². The highest BCUT2D eigenvalue weighted by atomic mass is 35.5. The maximum absolute atomic E-state index is 2.12. The molecule has 0 spiro atoms. The quantitative estimate of drug-likeness (QED) is 0.609. The second-order valence-corrected chi connectivity index (χ2v) is 2.35. The fraction of sp³-hybridized carbons (Fsp3) is 0. The average molecular weight is 199 g/mol. The molecule has 0 aromatic heterocycles. The number of benzene rings is 2. The summed E-state index contributed by atoms with van der Waals surface area (Å²) in [6.45, 7) is 0. The van der Waals surface area contributed by atoms with Gasteiger partial charge in [0.2, 0.25) is 0 Å². The Kier molecular flexibility index (Phi) is 4.79. The van der Waals surface area contributed by atoms with E-state index in [4.69, 9.17) is 0 Å². The van der Waals surface area contributed by atoms with Crippen molar-refractivity contribution in [3.05, 3.63) is 48.5 Å². The lowest BCUT2D eigenvalue weighted by Crippen LogP contribution is -1.67. The summed E-state index contributed by atoms with van der Waals surface area (Å²) in [5.74, 6) is 0. The molecule has 2 aromatic rings. The summed E-state index contributed by atoms with van der Waals surface area (Å²) >= 11 is 0. The second-order valence-electron chi connectivity index (χ2n) is 2.35. The number of rotatable bonds is 0. The van der Waals surface area contributed by atoms with Gasteiger partial charge in [-0.1, -0.05) is 48.5 Å². The van der Waals surface area contributed by atoms with Gasteiger partial charge in [0.15, 0.2) is 0 Å². The van der Waals surface area contributed by atoms with Gasteiger partial charge in [-0.15, -0.1) is 12.4 Å². The van der Waals surface area contributed by atoms with E-state index in [1.807, 2.05) is 0 Å². The Labute approximate surface area is 85.5 Å². The average Bonchev–Trinajstić information content (AvgIpc) is 2.05. The van der Waals surface area contributed by atoms with E-state index >= 15 is 0 Å². The predicted octanol–water partition coefficient (Wildman–Crippen LogP) is 3.37. The van der Waals surface area contributed by atoms with Crippen LogP contribution in [0.15, 0.2) is 48.5 Å². The van der Waals surface area contributed by atoms with Gasteiger partial charge < -0.3 is 0 Å². The van der Waals surface area contributed by atoms with Crippen LogP contribution in [0.25, 0.3) is 10.8 Å². The lowest BCUT2D eigenvalue weighted by atomic mass is 10.1. The standard InChI is InChI=1S/C10H8.ClH.H2S/c1-2-6-10-8-4-3-7-9(10)5-1;;/h1-8H;1H;1H2. The number of fused-ring (bicyclic) bond motifs is 1. The molecule has 0 aliphatic carbocycles. The minimum atomic E-state index is 0. The van der Waals surface area contributed by atoms with Crippen LogP contribution in [0.5, 0.6) is 0 Å². The van der Waals surface area contributed by atoms with E-state index < -0.39 is 0 Å². The van der Waals surface area contributed by atoms with Crippen molar-refractivity contribution >= 4 is 36.7 Å². The molecule has 0 saturated heterocycles. The fourth-order valence-electron chi connectivity index (χ4n) is 1.13. The Bertz CT molecular complexity index is 281. The van der Waals surface area contributed by atoms with E-state index in [2.05, 4.69) is 48.5 Å². The van der Waals surface area contributed by atoms with Crippen molar-refractivity contribution in [3.8, 4) is 0 Å². The molecule has 0 aliphatic heterocycles. The summed E-state index contributed by atoms with van der Waals surface area (Å²) in [4.78, 5) is 0. The van der Waals surface area contributed by atoms with Gasteiger partial charge in [-0.3, -0.25) is 0 Å². The van der Waals surface area contributed by atoms with Crippen molar-refractivity contribution in [2.24, 2.45) is 0 Å². The summed E-state index contributed by atoms with van der Waals surface area (Å²) in [5, 5.41) is 2.62. The zero-order chi connectivity index (χ0) is 6.81. The SMILES string of the molecule is Cl.S.c1ccc2ccccc2c1. The molecule has 0 unspecified atom stereocenters. The second kappa shape index (κ2) is 5.07. The zero-order valence-corrected chi connectivity index (χ0v) is 8.34. The van der Waals surface area contributed by atoms with Crippen LogP contribution in [0.2, 0.25) is 0 Å². The molecule has 0 bridgehead atoms. The van der Waals surface area contributed by atoms with Gasteiger partial charge in [0.05, 0.1) is 0 Å². The van der Waals surface area contributed by atoms with Gasteiger partial charge >= 0.3 is 0 Å². The van der Waals surface area contributed by atoms with Crippen LogP contribution in [0.4, 0.5) is 0 Å². The van der Waals surface area contributed by atoms with Crippen molar-refractivity contribution in [3.63, 3.8) is 0 Å². The molecule has 0 atom stereocenters. The van der Waals surface area contributed by atoms with Crippen molar-refractivity contribution in [1.29, 1.82) is 0 Å². The molecule has 64 valence electrons. The van der Waals surface area contributed by atoms with Crippen LogP contribution < -0.4 is 0 Å². The molecular formula is C10H11ClS. The van der Waals surface area contributed by atoms with Gasteiger partial charge in [0.1, 0.15) is 0 Å². The molecule has 0 aliphatic rings. The topological polar surface area (TPSA) is 0 Å². The van der Waals surface area contributed by atoms with Gasteiger partial charge in [0, 0.05) is 0 Å². The maximum Gasteiger partial charge on any atom is -0.0184 e. The Morgan fingerprint density at radius 3 is 1.08 bits per heavy atom. The lowest BCUT2D eigenvalue weighted by Gasteiger charge is -1.92. The van der Waals surface area contributed by atoms with Crippen molar-refractivity contribution in [2.45, 2.75) is 0 Å². The summed E-state index contributed by atoms with van der Waals surface area (Å²) in [6.07, 6.45) is 0. The Morgan fingerprint density at radius 2 is 0.833 bits per heavy atom. The molecule has 2 rings (SSSR count). The molecule has 0 heterocycles. The van der Waals surface area contributed by atoms with Crippen LogP contribution in [0, 0.1) is 0 Å². The van der Waals surface area contributed by atoms with Gasteiger partial charge in [-0.25, -0.2) is 0 Å². The maximum atomic E-state index is 2.12. The molecule has 0 fully saturated rings. The monoisotopic (exact) mass is 198 g/mol. The summed E-state index contributed by atoms with van der Waals surface area (Å²) in [6, 6.07) is 16.7. The van der Waals surface area contributed by atoms with Crippen LogP contribution in [-0.2, 0) is 0 Å². The predicted molar refractivity (Wildman–Crippen MR) is 61.6 cm³/mol. The number of hydrogen-bond donors (Lipinski definition) is 0. The molecule has 0 N–H and O–H groups in total. The van der Waals surface area contributed by atoms with Crippen molar-refractivity contribution in [1.82, 2.24) is 0 Å². The highest BCUT2D eigenvalue weighted by Gasteiger charge is 1.85. The van der Waals surface area contributed by atoms with Crippen LogP contribution >= 0.6 is 25.9 Å². The smallest absolute Gasteiger partial charge is 0.0184 e. The van der Waals surface area contributed by atoms with E-state index in [1.165, 1.54) is 10.8 Å². The first kappa shape index (κ1) is 11.3. The minimum Gasteiger partial charge on any atom is -0.197 e. The van der Waals surface area contributed by atoms with E-state index in [1.54, 1.807) is 0 Å². The Morgan fingerprint density at radius 1 is 0.583 bits per heavy atom. The molecule has 2 heteroatoms. The number of hydrogen-bond acceptors (Lipinski definition) is 0. The van der Waals surface area contributed by atoms with Crippen molar-refractivity contribution < 1.29 is 0 Å². The van der Waals surface area contributed by atoms with Crippen LogP contribution in [-0.4, -0.2) is 0 Å². The molecule has 2 aromatic carbocycles. The summed E-state index contributed by atoms with van der Waals surface area (Å²) < 4.78 is 0. The van der Waals surface area contributed by atoms with E-state index in [-0.39, 0.29) is 25.9 Å². The van der Waals surface area contributed by atoms with Gasteiger partial charge in [0.25, 0.3) is 0 Å². The molecule has 0 nitrogen and oxygen atoms in total. The normalized spacial score (nSPS) is 8.33. The van der Waals surface area contributed by atoms with E-state index in [0.717, 1.165) is 0 Å². The van der Waals surface area contributed by atoms with E-state index in [0.29, 0.717) is 0 Å². The lowest BCUT2D eigenvalue weighted by molar-refractivity contribution is 1.75. The third kappa shape index (κ3) is 2.16. The Hall–Kier alpha value is -0.660. The summed E-state index contributed by atoms with van der Waals surface area (Å²) in [7, 11) is 0. The molecular weight excluding hydrogens is 188 g/mol. The Balaban J connectivity index is 0.000000605. The minimum absolute atomic E-state index is 0. The molecule has 0 radical (unpaired) electrons. The van der Waals surface area contributed by atoms with Gasteiger partial charge in [-0.05, 0) is 10.8 Å². The highest BCUT2D eigenvalue weighted by molar-refractivity contribution is 7.59. The summed E-state index contributed by atoms with van der Waals surface area (Å²) in [5.41, 5.74) is 0. The zero-order valence-electron chi connectivity index (χ0n) is 6.53. The third-order valence-electron chi connectivity index (χ3n) is 1.66. The first-order valence-corrected chi connectivity index (χ1v) is 3.40. The first-order chi connectivity index (χ1) is 4.97. The first-order valence-electron chi connectivity index (χ1n) is 3.40. The molecule has 12 heavy (non-hydrogen) atoms. The van der Waals surface area contributed by atoms with Crippen LogP contribution in [0.1, 0.15) is 0 Å².